The maximum atomic E-state index is 12.3. The highest BCUT2D eigenvalue weighted by Crippen LogP contribution is 2.15. The molecule has 0 saturated carbocycles. The second-order valence-corrected chi connectivity index (χ2v) is 4.61. The molecule has 0 heterocycles. The predicted octanol–water partition coefficient (Wildman–Crippen LogP) is 2.91. The van der Waals surface area contributed by atoms with Crippen molar-refractivity contribution in [1.82, 2.24) is 0 Å². The van der Waals surface area contributed by atoms with Crippen molar-refractivity contribution in [1.29, 1.82) is 0 Å². The van der Waals surface area contributed by atoms with Gasteiger partial charge in [-0.2, -0.15) is 0 Å². The summed E-state index contributed by atoms with van der Waals surface area (Å²) < 4.78 is 40.8. The molecular weight excluding hydrogens is 258 g/mol. The highest BCUT2D eigenvalue weighted by molar-refractivity contribution is 7.80. The van der Waals surface area contributed by atoms with E-state index in [1.165, 1.54) is 0 Å². The van der Waals surface area contributed by atoms with Crippen LogP contribution in [0.3, 0.4) is 0 Å². The number of halogens is 3. The smallest absolute Gasteiger partial charge is 0.266 e. The lowest BCUT2D eigenvalue weighted by Gasteiger charge is -2.12. The molecule has 1 aromatic carbocycles. The zero-order valence-corrected chi connectivity index (χ0v) is 10.1. The summed E-state index contributed by atoms with van der Waals surface area (Å²) >= 11 is 3.37. The molecular formula is C10H11ClF2O2S. The SMILES string of the molecule is Cc1ccc(S(=O)OC(CCl)C(F)F)cc1. The second-order valence-electron chi connectivity index (χ2n) is 3.17. The Balaban J connectivity index is 2.68. The standard InChI is InChI=1S/C10H11ClF2O2S/c1-7-2-4-8(5-3-7)16(14)15-9(6-11)10(12)13/h2-5,9-10H,6H2,1H3. The van der Waals surface area contributed by atoms with Gasteiger partial charge in [0.15, 0.2) is 11.1 Å². The normalized spacial score (nSPS) is 15.1. The van der Waals surface area contributed by atoms with Gasteiger partial charge < -0.3 is 0 Å². The fraction of sp³-hybridized carbons (Fsp3) is 0.400. The molecule has 90 valence electrons. The number of benzene rings is 1. The van der Waals surface area contributed by atoms with Crippen molar-refractivity contribution in [3.05, 3.63) is 29.8 Å². The van der Waals surface area contributed by atoms with Crippen molar-refractivity contribution < 1.29 is 17.2 Å². The van der Waals surface area contributed by atoms with Gasteiger partial charge in [0.1, 0.15) is 6.10 Å². The average molecular weight is 269 g/mol. The van der Waals surface area contributed by atoms with Gasteiger partial charge in [-0.1, -0.05) is 17.7 Å². The minimum Gasteiger partial charge on any atom is -0.276 e. The average Bonchev–Trinajstić information content (AvgIpc) is 2.26. The maximum Gasteiger partial charge on any atom is 0.266 e. The van der Waals surface area contributed by atoms with E-state index in [0.717, 1.165) is 5.56 Å². The van der Waals surface area contributed by atoms with Crippen molar-refractivity contribution in [2.75, 3.05) is 5.88 Å². The highest BCUT2D eigenvalue weighted by atomic mass is 35.5. The molecule has 0 aromatic heterocycles. The van der Waals surface area contributed by atoms with E-state index < -0.39 is 29.5 Å². The summed E-state index contributed by atoms with van der Waals surface area (Å²) in [6, 6.07) is 6.60. The monoisotopic (exact) mass is 268 g/mol. The molecule has 1 aromatic rings. The third-order valence-electron chi connectivity index (χ3n) is 1.86. The van der Waals surface area contributed by atoms with Gasteiger partial charge in [0, 0.05) is 0 Å². The second kappa shape index (κ2) is 6.27. The van der Waals surface area contributed by atoms with Crippen molar-refractivity contribution in [2.45, 2.75) is 24.3 Å². The molecule has 0 N–H and O–H groups in total. The van der Waals surface area contributed by atoms with Crippen molar-refractivity contribution in [3.63, 3.8) is 0 Å². The molecule has 16 heavy (non-hydrogen) atoms. The summed E-state index contributed by atoms with van der Waals surface area (Å²) in [5.74, 6) is -0.394. The minimum atomic E-state index is -2.74. The molecule has 0 aliphatic carbocycles. The van der Waals surface area contributed by atoms with Gasteiger partial charge in [0.25, 0.3) is 6.43 Å². The molecule has 0 saturated heterocycles. The maximum absolute atomic E-state index is 12.3. The quantitative estimate of drug-likeness (QED) is 0.768. The summed E-state index contributed by atoms with van der Waals surface area (Å²) in [7, 11) is 0. The van der Waals surface area contributed by atoms with E-state index in [2.05, 4.69) is 4.18 Å². The Labute approximate surface area is 100 Å². The van der Waals surface area contributed by atoms with Crippen molar-refractivity contribution in [3.8, 4) is 0 Å². The zero-order valence-electron chi connectivity index (χ0n) is 8.53. The molecule has 1 rings (SSSR count). The van der Waals surface area contributed by atoms with Gasteiger partial charge >= 0.3 is 0 Å². The summed E-state index contributed by atoms with van der Waals surface area (Å²) in [5, 5.41) is 0. The lowest BCUT2D eigenvalue weighted by molar-refractivity contribution is 0.0321. The van der Waals surface area contributed by atoms with E-state index in [-0.39, 0.29) is 0 Å². The van der Waals surface area contributed by atoms with Crippen LogP contribution in [0.4, 0.5) is 8.78 Å². The Morgan fingerprint density at radius 3 is 2.38 bits per heavy atom. The van der Waals surface area contributed by atoms with E-state index in [1.54, 1.807) is 24.3 Å². The van der Waals surface area contributed by atoms with E-state index >= 15 is 0 Å². The molecule has 2 nitrogen and oxygen atoms in total. The van der Waals surface area contributed by atoms with E-state index in [0.29, 0.717) is 4.90 Å². The summed E-state index contributed by atoms with van der Waals surface area (Å²) in [5.41, 5.74) is 0.989. The first-order valence-corrected chi connectivity index (χ1v) is 6.15. The van der Waals surface area contributed by atoms with Gasteiger partial charge in [-0.05, 0) is 19.1 Å². The topological polar surface area (TPSA) is 26.3 Å². The molecule has 0 bridgehead atoms. The van der Waals surface area contributed by atoms with Crippen LogP contribution in [0.1, 0.15) is 5.56 Å². The van der Waals surface area contributed by atoms with E-state index in [9.17, 15) is 13.0 Å². The minimum absolute atomic E-state index is 0.348. The Hall–Kier alpha value is -0.520. The van der Waals surface area contributed by atoms with Crippen LogP contribution in [0, 0.1) is 6.92 Å². The third-order valence-corrected chi connectivity index (χ3v) is 3.24. The van der Waals surface area contributed by atoms with Crippen molar-refractivity contribution >= 4 is 22.7 Å². The van der Waals surface area contributed by atoms with Crippen LogP contribution in [-0.4, -0.2) is 22.6 Å². The Morgan fingerprint density at radius 1 is 1.38 bits per heavy atom. The molecule has 0 aliphatic heterocycles. The molecule has 6 heteroatoms. The van der Waals surface area contributed by atoms with Crippen LogP contribution < -0.4 is 0 Å². The fourth-order valence-corrected chi connectivity index (χ4v) is 2.07. The number of rotatable bonds is 5. The van der Waals surface area contributed by atoms with Crippen LogP contribution in [-0.2, 0) is 15.3 Å². The molecule has 2 atom stereocenters. The third kappa shape index (κ3) is 3.81. The molecule has 0 spiro atoms. The molecule has 0 amide bonds. The van der Waals surface area contributed by atoms with Gasteiger partial charge in [0.05, 0.1) is 10.8 Å². The Kier molecular flexibility index (Phi) is 5.31. The van der Waals surface area contributed by atoms with Crippen LogP contribution in [0.5, 0.6) is 0 Å². The van der Waals surface area contributed by atoms with Gasteiger partial charge in [-0.15, -0.1) is 11.6 Å². The van der Waals surface area contributed by atoms with Crippen LogP contribution in [0.2, 0.25) is 0 Å². The first kappa shape index (κ1) is 13.5. The summed E-state index contributed by atoms with van der Waals surface area (Å²) in [6.07, 6.45) is -4.25. The Bertz CT molecular complexity index is 356. The zero-order chi connectivity index (χ0) is 12.1. The fourth-order valence-electron chi connectivity index (χ4n) is 0.952. The molecule has 2 unspecified atom stereocenters. The Morgan fingerprint density at radius 2 is 1.94 bits per heavy atom. The van der Waals surface area contributed by atoms with Gasteiger partial charge in [0.2, 0.25) is 0 Å². The van der Waals surface area contributed by atoms with E-state index in [4.69, 9.17) is 11.6 Å². The predicted molar refractivity (Wildman–Crippen MR) is 59.2 cm³/mol. The molecule has 0 fully saturated rings. The number of alkyl halides is 3. The first-order chi connectivity index (χ1) is 7.54. The van der Waals surface area contributed by atoms with Crippen molar-refractivity contribution in [2.24, 2.45) is 0 Å². The van der Waals surface area contributed by atoms with Gasteiger partial charge in [-0.3, -0.25) is 4.18 Å². The van der Waals surface area contributed by atoms with Crippen LogP contribution in [0.15, 0.2) is 29.2 Å². The van der Waals surface area contributed by atoms with Crippen LogP contribution in [0.25, 0.3) is 0 Å². The molecule has 0 radical (unpaired) electrons. The highest BCUT2D eigenvalue weighted by Gasteiger charge is 2.23. The summed E-state index contributed by atoms with van der Waals surface area (Å²) in [6.45, 7) is 1.87. The van der Waals surface area contributed by atoms with Crippen LogP contribution >= 0.6 is 11.6 Å². The lowest BCUT2D eigenvalue weighted by atomic mass is 10.2. The largest absolute Gasteiger partial charge is 0.276 e. The number of aryl methyl sites for hydroxylation is 1. The number of hydrogen-bond donors (Lipinski definition) is 0. The van der Waals surface area contributed by atoms with E-state index in [1.807, 2.05) is 6.92 Å². The first-order valence-electron chi connectivity index (χ1n) is 4.54. The lowest BCUT2D eigenvalue weighted by Crippen LogP contribution is -2.25. The molecule has 0 aliphatic rings. The summed E-state index contributed by atoms with van der Waals surface area (Å²) in [4.78, 5) is 0.348. The number of hydrogen-bond acceptors (Lipinski definition) is 2. The van der Waals surface area contributed by atoms with Gasteiger partial charge in [-0.25, -0.2) is 13.0 Å².